The summed E-state index contributed by atoms with van der Waals surface area (Å²) in [6.07, 6.45) is 4.60. The van der Waals surface area contributed by atoms with Gasteiger partial charge in [0, 0.05) is 65.5 Å². The third-order valence-electron chi connectivity index (χ3n) is 5.29. The van der Waals surface area contributed by atoms with E-state index in [4.69, 9.17) is 0 Å². The second-order valence-corrected chi connectivity index (χ2v) is 7.09. The Morgan fingerprint density at radius 1 is 1.13 bits per heavy atom. The van der Waals surface area contributed by atoms with Gasteiger partial charge in [-0.1, -0.05) is 19.9 Å². The van der Waals surface area contributed by atoms with Crippen LogP contribution in [0.15, 0.2) is 29.6 Å². The van der Waals surface area contributed by atoms with Gasteiger partial charge in [0.25, 0.3) is 0 Å². The van der Waals surface area contributed by atoms with Crippen molar-refractivity contribution in [3.05, 3.63) is 36.0 Å². The molecule has 0 aliphatic carbocycles. The molecule has 0 aromatic carbocycles. The Labute approximate surface area is 196 Å². The molecule has 3 rings (SSSR count). The number of anilines is 1. The van der Waals surface area contributed by atoms with E-state index in [1.54, 1.807) is 13.4 Å². The van der Waals surface area contributed by atoms with E-state index in [-0.39, 0.29) is 24.0 Å². The van der Waals surface area contributed by atoms with Gasteiger partial charge in [-0.15, -0.1) is 34.2 Å². The van der Waals surface area contributed by atoms with Crippen LogP contribution in [-0.2, 0) is 19.5 Å². The molecule has 2 aromatic rings. The van der Waals surface area contributed by atoms with Crippen molar-refractivity contribution in [3.63, 3.8) is 0 Å². The number of likely N-dealkylation sites (N-methyl/N-ethyl adjacent to an activating group) is 1. The molecule has 1 saturated heterocycles. The van der Waals surface area contributed by atoms with Crippen molar-refractivity contribution >= 4 is 35.8 Å². The van der Waals surface area contributed by atoms with Crippen molar-refractivity contribution in [2.45, 2.75) is 33.4 Å². The molecule has 0 radical (unpaired) electrons. The first-order chi connectivity index (χ1) is 14.2. The second kappa shape index (κ2) is 12.7. The largest absolute Gasteiger partial charge is 0.355 e. The first kappa shape index (κ1) is 24.3. The van der Waals surface area contributed by atoms with Gasteiger partial charge >= 0.3 is 0 Å². The van der Waals surface area contributed by atoms with E-state index in [9.17, 15) is 0 Å². The van der Waals surface area contributed by atoms with Gasteiger partial charge in [-0.25, -0.2) is 4.98 Å². The van der Waals surface area contributed by atoms with E-state index in [2.05, 4.69) is 71.2 Å². The van der Waals surface area contributed by atoms with Gasteiger partial charge in [-0.05, 0) is 18.2 Å². The molecular formula is C20H34IN9. The lowest BCUT2D eigenvalue weighted by atomic mass is 10.2. The van der Waals surface area contributed by atoms with Crippen LogP contribution < -0.4 is 15.5 Å². The zero-order valence-electron chi connectivity index (χ0n) is 18.2. The number of aliphatic imine (C=N–C) groups is 1. The summed E-state index contributed by atoms with van der Waals surface area (Å²) in [6.45, 7) is 12.0. The average molecular weight is 527 g/mol. The predicted octanol–water partition coefficient (Wildman–Crippen LogP) is 1.36. The fourth-order valence-corrected chi connectivity index (χ4v) is 3.44. The van der Waals surface area contributed by atoms with Crippen LogP contribution in [0.2, 0.25) is 0 Å². The third-order valence-corrected chi connectivity index (χ3v) is 5.29. The van der Waals surface area contributed by atoms with Gasteiger partial charge in [-0.3, -0.25) is 4.99 Å². The van der Waals surface area contributed by atoms with E-state index in [1.165, 1.54) is 0 Å². The van der Waals surface area contributed by atoms with Gasteiger partial charge in [0.15, 0.2) is 5.96 Å². The number of guanidine groups is 1. The zero-order valence-corrected chi connectivity index (χ0v) is 20.5. The molecule has 1 aliphatic rings. The average Bonchev–Trinajstić information content (AvgIpc) is 3.24. The standard InChI is InChI=1S/C20H33N9.HI/c1-4-18-26-25-16-29(18)9-8-22-20(21-3)24-15-17-6-7-19(23-14-17)28-12-10-27(5-2)11-13-28;/h6-7,14,16H,4-5,8-13,15H2,1-3H3,(H2,21,22,24);1H. The maximum Gasteiger partial charge on any atom is 0.191 e. The number of rotatable bonds is 8. The Balaban J connectivity index is 0.00000320. The monoisotopic (exact) mass is 527 g/mol. The molecule has 9 nitrogen and oxygen atoms in total. The molecule has 1 aliphatic heterocycles. The Hall–Kier alpha value is -1.95. The lowest BCUT2D eigenvalue weighted by molar-refractivity contribution is 0.270. The molecule has 30 heavy (non-hydrogen) atoms. The van der Waals surface area contributed by atoms with E-state index in [0.29, 0.717) is 6.54 Å². The summed E-state index contributed by atoms with van der Waals surface area (Å²) in [5.74, 6) is 2.83. The Morgan fingerprint density at radius 3 is 2.57 bits per heavy atom. The number of aryl methyl sites for hydroxylation is 1. The van der Waals surface area contributed by atoms with E-state index < -0.39 is 0 Å². The fourth-order valence-electron chi connectivity index (χ4n) is 3.44. The van der Waals surface area contributed by atoms with Crippen LogP contribution >= 0.6 is 24.0 Å². The number of halogens is 1. The predicted molar refractivity (Wildman–Crippen MR) is 132 cm³/mol. The lowest BCUT2D eigenvalue weighted by Crippen LogP contribution is -2.46. The summed E-state index contributed by atoms with van der Waals surface area (Å²) in [5.41, 5.74) is 1.14. The summed E-state index contributed by atoms with van der Waals surface area (Å²) in [6, 6.07) is 4.26. The Morgan fingerprint density at radius 2 is 1.93 bits per heavy atom. The summed E-state index contributed by atoms with van der Waals surface area (Å²) in [5, 5.41) is 14.7. The molecule has 0 bridgehead atoms. The summed E-state index contributed by atoms with van der Waals surface area (Å²) >= 11 is 0. The van der Waals surface area contributed by atoms with Gasteiger partial charge in [0.2, 0.25) is 0 Å². The van der Waals surface area contributed by atoms with Crippen molar-refractivity contribution in [3.8, 4) is 0 Å². The number of nitrogens with zero attached hydrogens (tertiary/aromatic N) is 7. The number of pyridine rings is 1. The molecule has 0 saturated carbocycles. The first-order valence-electron chi connectivity index (χ1n) is 10.5. The smallest absolute Gasteiger partial charge is 0.191 e. The van der Waals surface area contributed by atoms with Crippen molar-refractivity contribution in [1.82, 2.24) is 35.3 Å². The van der Waals surface area contributed by atoms with Crippen LogP contribution in [0, 0.1) is 0 Å². The fraction of sp³-hybridized carbons (Fsp3) is 0.600. The van der Waals surface area contributed by atoms with Crippen LogP contribution in [0.1, 0.15) is 25.2 Å². The highest BCUT2D eigenvalue weighted by molar-refractivity contribution is 14.0. The normalized spacial score (nSPS) is 15.0. The quantitative estimate of drug-likeness (QED) is 0.305. The molecule has 1 fully saturated rings. The number of hydrogen-bond acceptors (Lipinski definition) is 6. The molecule has 0 spiro atoms. The minimum absolute atomic E-state index is 0. The van der Waals surface area contributed by atoms with E-state index in [0.717, 1.165) is 75.4 Å². The lowest BCUT2D eigenvalue weighted by Gasteiger charge is -2.34. The molecule has 2 N–H and O–H groups in total. The maximum absolute atomic E-state index is 4.66. The molecule has 166 valence electrons. The third kappa shape index (κ3) is 6.79. The highest BCUT2D eigenvalue weighted by Gasteiger charge is 2.16. The molecular weight excluding hydrogens is 493 g/mol. The molecule has 10 heteroatoms. The van der Waals surface area contributed by atoms with E-state index in [1.807, 2.05) is 6.20 Å². The van der Waals surface area contributed by atoms with Crippen molar-refractivity contribution in [2.24, 2.45) is 4.99 Å². The molecule has 3 heterocycles. The Bertz CT molecular complexity index is 767. The van der Waals surface area contributed by atoms with Crippen molar-refractivity contribution in [1.29, 1.82) is 0 Å². The minimum atomic E-state index is 0. The Kier molecular flexibility index (Phi) is 10.3. The van der Waals surface area contributed by atoms with Gasteiger partial charge in [0.1, 0.15) is 18.0 Å². The van der Waals surface area contributed by atoms with Crippen molar-refractivity contribution in [2.75, 3.05) is 51.2 Å². The van der Waals surface area contributed by atoms with Gasteiger partial charge in [-0.2, -0.15) is 0 Å². The number of piperazine rings is 1. The number of aromatic nitrogens is 4. The van der Waals surface area contributed by atoms with Gasteiger partial charge in [0.05, 0.1) is 0 Å². The number of hydrogen-bond donors (Lipinski definition) is 2. The highest BCUT2D eigenvalue weighted by atomic mass is 127. The van der Waals surface area contributed by atoms with Crippen LogP contribution in [0.4, 0.5) is 5.82 Å². The summed E-state index contributed by atoms with van der Waals surface area (Å²) in [7, 11) is 1.78. The zero-order chi connectivity index (χ0) is 20.5. The minimum Gasteiger partial charge on any atom is -0.355 e. The number of nitrogens with one attached hydrogen (secondary N) is 2. The first-order valence-corrected chi connectivity index (χ1v) is 10.5. The van der Waals surface area contributed by atoms with Crippen LogP contribution in [0.3, 0.4) is 0 Å². The highest BCUT2D eigenvalue weighted by Crippen LogP contribution is 2.14. The molecule has 0 atom stereocenters. The van der Waals surface area contributed by atoms with Gasteiger partial charge < -0.3 is 25.0 Å². The van der Waals surface area contributed by atoms with E-state index >= 15 is 0 Å². The molecule has 0 amide bonds. The topological polar surface area (TPSA) is 86.5 Å². The molecule has 2 aromatic heterocycles. The SMILES string of the molecule is CCc1nncn1CCNC(=NC)NCc1ccc(N2CCN(CC)CC2)nc1.I. The van der Waals surface area contributed by atoms with Crippen molar-refractivity contribution < 1.29 is 0 Å². The summed E-state index contributed by atoms with van der Waals surface area (Å²) < 4.78 is 2.06. The maximum atomic E-state index is 4.66. The van der Waals surface area contributed by atoms with Crippen LogP contribution in [-0.4, -0.2) is 76.9 Å². The van der Waals surface area contributed by atoms with Crippen LogP contribution in [0.25, 0.3) is 0 Å². The summed E-state index contributed by atoms with van der Waals surface area (Å²) in [4.78, 5) is 13.8. The van der Waals surface area contributed by atoms with Crippen LogP contribution in [0.5, 0.6) is 0 Å². The molecule has 0 unspecified atom stereocenters. The second-order valence-electron chi connectivity index (χ2n) is 7.09.